The Morgan fingerprint density at radius 2 is 1.92 bits per heavy atom. The van der Waals surface area contributed by atoms with Crippen molar-refractivity contribution in [1.82, 2.24) is 5.43 Å². The van der Waals surface area contributed by atoms with Crippen LogP contribution in [0.25, 0.3) is 0 Å². The van der Waals surface area contributed by atoms with Gasteiger partial charge in [0.1, 0.15) is 0 Å². The number of nitrogens with one attached hydrogen (secondary N) is 1. The van der Waals surface area contributed by atoms with E-state index in [1.54, 1.807) is 0 Å². The summed E-state index contributed by atoms with van der Waals surface area (Å²) in [5, 5.41) is 0. The van der Waals surface area contributed by atoms with Gasteiger partial charge in [-0.05, 0) is 23.8 Å². The van der Waals surface area contributed by atoms with Gasteiger partial charge in [0, 0.05) is 0 Å². The summed E-state index contributed by atoms with van der Waals surface area (Å²) in [6.07, 6.45) is 2.55. The van der Waals surface area contributed by atoms with Crippen LogP contribution in [-0.2, 0) is 0 Å². The summed E-state index contributed by atoms with van der Waals surface area (Å²) >= 11 is 0. The number of benzene rings is 1. The topological polar surface area (TPSA) is 38.0 Å². The maximum absolute atomic E-state index is 5.58. The molecule has 1 fully saturated rings. The van der Waals surface area contributed by atoms with Gasteiger partial charge in [0.15, 0.2) is 0 Å². The van der Waals surface area contributed by atoms with Gasteiger partial charge in [-0.2, -0.15) is 0 Å². The van der Waals surface area contributed by atoms with Crippen molar-refractivity contribution in [3.05, 3.63) is 35.9 Å². The summed E-state index contributed by atoms with van der Waals surface area (Å²) in [5.41, 5.74) is 4.60. The molecule has 0 saturated heterocycles. The van der Waals surface area contributed by atoms with Crippen LogP contribution in [0.4, 0.5) is 0 Å². The first-order valence-electron chi connectivity index (χ1n) is 4.77. The summed E-state index contributed by atoms with van der Waals surface area (Å²) in [5.74, 6) is 5.58. The maximum atomic E-state index is 5.58. The molecule has 0 spiro atoms. The summed E-state index contributed by atoms with van der Waals surface area (Å²) < 4.78 is 0. The molecule has 1 aromatic carbocycles. The van der Waals surface area contributed by atoms with Crippen LogP contribution in [0.1, 0.15) is 31.4 Å². The summed E-state index contributed by atoms with van der Waals surface area (Å²) in [7, 11) is 0. The first-order chi connectivity index (χ1) is 6.26. The van der Waals surface area contributed by atoms with Crippen molar-refractivity contribution in [2.75, 3.05) is 0 Å². The minimum absolute atomic E-state index is 0.314. The van der Waals surface area contributed by atoms with Crippen LogP contribution in [0.2, 0.25) is 0 Å². The van der Waals surface area contributed by atoms with Crippen LogP contribution < -0.4 is 11.3 Å². The minimum atomic E-state index is 0.314. The van der Waals surface area contributed by atoms with E-state index in [9.17, 15) is 0 Å². The number of rotatable bonds is 3. The van der Waals surface area contributed by atoms with Crippen molar-refractivity contribution >= 4 is 0 Å². The minimum Gasteiger partial charge on any atom is -0.271 e. The molecule has 2 rings (SSSR count). The highest BCUT2D eigenvalue weighted by Crippen LogP contribution is 2.53. The third kappa shape index (κ3) is 1.60. The SMILES string of the molecule is CC1(C(NN)c2ccccc2)CC1. The van der Waals surface area contributed by atoms with Crippen LogP contribution in [-0.4, -0.2) is 0 Å². The van der Waals surface area contributed by atoms with Crippen LogP contribution in [0.5, 0.6) is 0 Å². The molecule has 3 N–H and O–H groups in total. The Balaban J connectivity index is 2.23. The van der Waals surface area contributed by atoms with Crippen LogP contribution in [0.3, 0.4) is 0 Å². The molecule has 1 unspecified atom stereocenters. The van der Waals surface area contributed by atoms with E-state index in [0.29, 0.717) is 11.5 Å². The molecule has 13 heavy (non-hydrogen) atoms. The maximum Gasteiger partial charge on any atom is 0.0513 e. The zero-order valence-electron chi connectivity index (χ0n) is 7.96. The number of hydrogen-bond acceptors (Lipinski definition) is 2. The van der Waals surface area contributed by atoms with Gasteiger partial charge in [-0.25, -0.2) is 0 Å². The molecule has 1 aromatic rings. The molecule has 2 heteroatoms. The van der Waals surface area contributed by atoms with E-state index in [4.69, 9.17) is 5.84 Å². The predicted molar refractivity (Wildman–Crippen MR) is 53.8 cm³/mol. The van der Waals surface area contributed by atoms with Gasteiger partial charge >= 0.3 is 0 Å². The average Bonchev–Trinajstić information content (AvgIpc) is 2.87. The number of hydrazine groups is 1. The lowest BCUT2D eigenvalue weighted by molar-refractivity contribution is 0.372. The van der Waals surface area contributed by atoms with E-state index in [1.807, 2.05) is 6.07 Å². The fourth-order valence-electron chi connectivity index (χ4n) is 1.83. The lowest BCUT2D eigenvalue weighted by atomic mass is 9.92. The van der Waals surface area contributed by atoms with Gasteiger partial charge < -0.3 is 0 Å². The van der Waals surface area contributed by atoms with E-state index in [0.717, 1.165) is 0 Å². The van der Waals surface area contributed by atoms with Crippen molar-refractivity contribution in [3.8, 4) is 0 Å². The highest BCUT2D eigenvalue weighted by atomic mass is 15.2. The first kappa shape index (κ1) is 8.73. The van der Waals surface area contributed by atoms with Crippen LogP contribution >= 0.6 is 0 Å². The summed E-state index contributed by atoms with van der Waals surface area (Å²) in [6, 6.07) is 10.7. The van der Waals surface area contributed by atoms with Crippen molar-refractivity contribution in [1.29, 1.82) is 0 Å². The molecule has 1 aliphatic carbocycles. The van der Waals surface area contributed by atoms with Crippen molar-refractivity contribution < 1.29 is 0 Å². The molecule has 0 radical (unpaired) electrons. The van der Waals surface area contributed by atoms with Gasteiger partial charge in [-0.15, -0.1) is 0 Å². The van der Waals surface area contributed by atoms with Gasteiger partial charge in [0.2, 0.25) is 0 Å². The predicted octanol–water partition coefficient (Wildman–Crippen LogP) is 1.99. The largest absolute Gasteiger partial charge is 0.271 e. The molecule has 0 bridgehead atoms. The third-order valence-corrected chi connectivity index (χ3v) is 3.04. The summed E-state index contributed by atoms with van der Waals surface area (Å²) in [6.45, 7) is 2.28. The standard InChI is InChI=1S/C11H16N2/c1-11(7-8-11)10(13-12)9-5-3-2-4-6-9/h2-6,10,13H,7-8,12H2,1H3. The second-order valence-electron chi connectivity index (χ2n) is 4.16. The monoisotopic (exact) mass is 176 g/mol. The molecule has 1 aliphatic rings. The lowest BCUT2D eigenvalue weighted by Gasteiger charge is -2.22. The second kappa shape index (κ2) is 3.13. The van der Waals surface area contributed by atoms with Gasteiger partial charge in [-0.3, -0.25) is 11.3 Å². The fourth-order valence-corrected chi connectivity index (χ4v) is 1.83. The Bertz CT molecular complexity index is 277. The van der Waals surface area contributed by atoms with Crippen LogP contribution in [0, 0.1) is 5.41 Å². The molecule has 0 heterocycles. The molecule has 70 valence electrons. The number of nitrogens with two attached hydrogens (primary N) is 1. The zero-order valence-corrected chi connectivity index (χ0v) is 7.96. The van der Waals surface area contributed by atoms with E-state index in [1.165, 1.54) is 18.4 Å². The van der Waals surface area contributed by atoms with Gasteiger partial charge in [-0.1, -0.05) is 37.3 Å². The van der Waals surface area contributed by atoms with Crippen molar-refractivity contribution in [2.24, 2.45) is 11.3 Å². The normalized spacial score (nSPS) is 21.1. The van der Waals surface area contributed by atoms with E-state index in [2.05, 4.69) is 36.6 Å². The third-order valence-electron chi connectivity index (χ3n) is 3.04. The Kier molecular flexibility index (Phi) is 2.10. The Morgan fingerprint density at radius 3 is 2.38 bits per heavy atom. The zero-order chi connectivity index (χ0) is 9.31. The van der Waals surface area contributed by atoms with Gasteiger partial charge in [0.25, 0.3) is 0 Å². The first-order valence-corrected chi connectivity index (χ1v) is 4.77. The summed E-state index contributed by atoms with van der Waals surface area (Å²) in [4.78, 5) is 0. The van der Waals surface area contributed by atoms with Crippen LogP contribution in [0.15, 0.2) is 30.3 Å². The van der Waals surface area contributed by atoms with E-state index < -0.39 is 0 Å². The molecule has 1 atom stereocenters. The van der Waals surface area contributed by atoms with Crippen molar-refractivity contribution in [3.63, 3.8) is 0 Å². The fraction of sp³-hybridized carbons (Fsp3) is 0.455. The van der Waals surface area contributed by atoms with E-state index in [-0.39, 0.29) is 0 Å². The van der Waals surface area contributed by atoms with Gasteiger partial charge in [0.05, 0.1) is 6.04 Å². The molecule has 0 aliphatic heterocycles. The molecular formula is C11H16N2. The molecule has 0 aromatic heterocycles. The van der Waals surface area contributed by atoms with E-state index >= 15 is 0 Å². The average molecular weight is 176 g/mol. The smallest absolute Gasteiger partial charge is 0.0513 e. The highest BCUT2D eigenvalue weighted by molar-refractivity contribution is 5.23. The number of hydrogen-bond donors (Lipinski definition) is 2. The Hall–Kier alpha value is -0.860. The quantitative estimate of drug-likeness (QED) is 0.546. The molecular weight excluding hydrogens is 160 g/mol. The molecule has 1 saturated carbocycles. The second-order valence-corrected chi connectivity index (χ2v) is 4.16. The highest BCUT2D eigenvalue weighted by Gasteiger charge is 2.44. The molecule has 2 nitrogen and oxygen atoms in total. The lowest BCUT2D eigenvalue weighted by Crippen LogP contribution is -2.33. The molecule has 0 amide bonds. The van der Waals surface area contributed by atoms with Crippen molar-refractivity contribution in [2.45, 2.75) is 25.8 Å². The Labute approximate surface area is 79.1 Å². The Morgan fingerprint density at radius 1 is 1.31 bits per heavy atom.